The van der Waals surface area contributed by atoms with Crippen LogP contribution in [0.3, 0.4) is 0 Å². The number of rotatable bonds is 6. The third-order valence-electron chi connectivity index (χ3n) is 4.21. The lowest BCUT2D eigenvalue weighted by Crippen LogP contribution is -2.34. The van der Waals surface area contributed by atoms with Crippen LogP contribution in [0.25, 0.3) is 6.08 Å². The van der Waals surface area contributed by atoms with E-state index in [0.29, 0.717) is 12.1 Å². The van der Waals surface area contributed by atoms with E-state index in [1.807, 2.05) is 67.8 Å². The van der Waals surface area contributed by atoms with Crippen molar-refractivity contribution in [3.8, 4) is 0 Å². The summed E-state index contributed by atoms with van der Waals surface area (Å²) in [5.74, 6) is -0.636. The third-order valence-corrected chi connectivity index (χ3v) is 5.03. The van der Waals surface area contributed by atoms with Crippen molar-refractivity contribution >= 4 is 29.2 Å². The van der Waals surface area contributed by atoms with Crippen LogP contribution in [0, 0.1) is 13.8 Å². The van der Waals surface area contributed by atoms with Crippen LogP contribution < -0.4 is 10.6 Å². The monoisotopic (exact) mass is 390 g/mol. The van der Waals surface area contributed by atoms with E-state index >= 15 is 0 Å². The van der Waals surface area contributed by atoms with Crippen LogP contribution in [-0.4, -0.2) is 11.8 Å². The molecule has 3 aromatic rings. The Morgan fingerprint density at radius 1 is 0.929 bits per heavy atom. The predicted molar refractivity (Wildman–Crippen MR) is 114 cm³/mol. The van der Waals surface area contributed by atoms with Gasteiger partial charge in [0, 0.05) is 17.0 Å². The molecule has 0 bridgehead atoms. The van der Waals surface area contributed by atoms with Gasteiger partial charge >= 0.3 is 0 Å². The SMILES string of the molecule is Cc1ccc(CNC(=O)/C(=C/c2cccs2)NC(=O)c2ccc(C)cc2)cc1. The summed E-state index contributed by atoms with van der Waals surface area (Å²) >= 11 is 1.50. The summed E-state index contributed by atoms with van der Waals surface area (Å²) in [5.41, 5.74) is 3.97. The van der Waals surface area contributed by atoms with E-state index < -0.39 is 0 Å². The summed E-state index contributed by atoms with van der Waals surface area (Å²) in [7, 11) is 0. The van der Waals surface area contributed by atoms with Crippen molar-refractivity contribution in [2.75, 3.05) is 0 Å². The van der Waals surface area contributed by atoms with Crippen molar-refractivity contribution in [1.29, 1.82) is 0 Å². The summed E-state index contributed by atoms with van der Waals surface area (Å²) in [6, 6.07) is 19.0. The van der Waals surface area contributed by atoms with Crippen LogP contribution in [0.5, 0.6) is 0 Å². The van der Waals surface area contributed by atoms with E-state index in [1.54, 1.807) is 18.2 Å². The zero-order valence-electron chi connectivity index (χ0n) is 15.9. The highest BCUT2D eigenvalue weighted by atomic mass is 32.1. The number of benzene rings is 2. The lowest BCUT2D eigenvalue weighted by molar-refractivity contribution is -0.117. The number of carbonyl (C=O) groups excluding carboxylic acids is 2. The summed E-state index contributed by atoms with van der Waals surface area (Å²) in [6.07, 6.45) is 1.70. The first-order valence-electron chi connectivity index (χ1n) is 8.98. The van der Waals surface area contributed by atoms with Gasteiger partial charge in [-0.25, -0.2) is 0 Å². The molecule has 5 heteroatoms. The molecule has 2 N–H and O–H groups in total. The normalized spacial score (nSPS) is 11.1. The molecule has 0 saturated carbocycles. The van der Waals surface area contributed by atoms with E-state index in [-0.39, 0.29) is 17.5 Å². The molecular weight excluding hydrogens is 368 g/mol. The second kappa shape index (κ2) is 9.15. The van der Waals surface area contributed by atoms with Crippen molar-refractivity contribution in [3.05, 3.63) is 98.9 Å². The Bertz CT molecular complexity index is 972. The van der Waals surface area contributed by atoms with Gasteiger partial charge in [-0.2, -0.15) is 0 Å². The third kappa shape index (κ3) is 5.41. The van der Waals surface area contributed by atoms with E-state index in [0.717, 1.165) is 16.0 Å². The number of carbonyl (C=O) groups is 2. The topological polar surface area (TPSA) is 58.2 Å². The standard InChI is InChI=1S/C23H22N2O2S/c1-16-5-9-18(10-6-16)15-24-23(27)21(14-20-4-3-13-28-20)25-22(26)19-11-7-17(2)8-12-19/h3-14H,15H2,1-2H3,(H,24,27)(H,25,26)/b21-14-. The molecule has 4 nitrogen and oxygen atoms in total. The van der Waals surface area contributed by atoms with Crippen LogP contribution in [0.1, 0.15) is 31.9 Å². The Labute approximate surface area is 168 Å². The lowest BCUT2D eigenvalue weighted by atomic mass is 10.1. The van der Waals surface area contributed by atoms with E-state index in [2.05, 4.69) is 10.6 Å². The number of amides is 2. The van der Waals surface area contributed by atoms with Crippen LogP contribution in [0.15, 0.2) is 71.7 Å². The molecule has 2 aromatic carbocycles. The van der Waals surface area contributed by atoms with Gasteiger partial charge in [-0.3, -0.25) is 9.59 Å². The Morgan fingerprint density at radius 3 is 2.18 bits per heavy atom. The maximum absolute atomic E-state index is 12.7. The molecule has 0 aliphatic carbocycles. The number of hydrogen-bond acceptors (Lipinski definition) is 3. The molecule has 142 valence electrons. The summed E-state index contributed by atoms with van der Waals surface area (Å²) in [6.45, 7) is 4.37. The van der Waals surface area contributed by atoms with Crippen LogP contribution >= 0.6 is 11.3 Å². The highest BCUT2D eigenvalue weighted by Crippen LogP contribution is 2.13. The van der Waals surface area contributed by atoms with Crippen molar-refractivity contribution in [1.82, 2.24) is 10.6 Å². The van der Waals surface area contributed by atoms with Gasteiger partial charge in [0.25, 0.3) is 11.8 Å². The fraction of sp³-hybridized carbons (Fsp3) is 0.130. The molecule has 0 fully saturated rings. The fourth-order valence-corrected chi connectivity index (χ4v) is 3.21. The molecule has 0 atom stereocenters. The van der Waals surface area contributed by atoms with Gasteiger partial charge in [0.1, 0.15) is 5.70 Å². The maximum atomic E-state index is 12.7. The number of nitrogens with one attached hydrogen (secondary N) is 2. The number of aryl methyl sites for hydroxylation is 2. The van der Waals surface area contributed by atoms with Gasteiger partial charge in [-0.15, -0.1) is 11.3 Å². The van der Waals surface area contributed by atoms with Gasteiger partial charge in [-0.1, -0.05) is 53.6 Å². The molecule has 28 heavy (non-hydrogen) atoms. The Hall–Kier alpha value is -3.18. The minimum Gasteiger partial charge on any atom is -0.347 e. The Morgan fingerprint density at radius 2 is 1.57 bits per heavy atom. The second-order valence-corrected chi connectivity index (χ2v) is 7.54. The minimum atomic E-state index is -0.325. The summed E-state index contributed by atoms with van der Waals surface area (Å²) < 4.78 is 0. The van der Waals surface area contributed by atoms with Crippen molar-refractivity contribution in [2.45, 2.75) is 20.4 Å². The van der Waals surface area contributed by atoms with E-state index in [9.17, 15) is 9.59 Å². The number of hydrogen-bond donors (Lipinski definition) is 2. The van der Waals surface area contributed by atoms with Gasteiger partial charge in [0.05, 0.1) is 0 Å². The minimum absolute atomic E-state index is 0.222. The molecule has 0 unspecified atom stereocenters. The van der Waals surface area contributed by atoms with Crippen molar-refractivity contribution in [3.63, 3.8) is 0 Å². The first-order chi connectivity index (χ1) is 13.5. The zero-order chi connectivity index (χ0) is 19.9. The van der Waals surface area contributed by atoms with Gasteiger partial charge < -0.3 is 10.6 Å². The highest BCUT2D eigenvalue weighted by molar-refractivity contribution is 7.10. The zero-order valence-corrected chi connectivity index (χ0v) is 16.7. The fourth-order valence-electron chi connectivity index (χ4n) is 2.56. The summed E-state index contributed by atoms with van der Waals surface area (Å²) in [5, 5.41) is 7.56. The first-order valence-corrected chi connectivity index (χ1v) is 9.86. The lowest BCUT2D eigenvalue weighted by Gasteiger charge is -2.11. The molecule has 0 aliphatic heterocycles. The van der Waals surface area contributed by atoms with E-state index in [4.69, 9.17) is 0 Å². The molecule has 0 spiro atoms. The van der Waals surface area contributed by atoms with Crippen molar-refractivity contribution < 1.29 is 9.59 Å². The summed E-state index contributed by atoms with van der Waals surface area (Å²) in [4.78, 5) is 26.2. The second-order valence-electron chi connectivity index (χ2n) is 6.56. The van der Waals surface area contributed by atoms with E-state index in [1.165, 1.54) is 16.9 Å². The average molecular weight is 391 g/mol. The molecule has 0 radical (unpaired) electrons. The maximum Gasteiger partial charge on any atom is 0.268 e. The smallest absolute Gasteiger partial charge is 0.268 e. The van der Waals surface area contributed by atoms with Crippen molar-refractivity contribution in [2.24, 2.45) is 0 Å². The molecule has 1 aromatic heterocycles. The molecule has 3 rings (SSSR count). The predicted octanol–water partition coefficient (Wildman–Crippen LogP) is 4.45. The van der Waals surface area contributed by atoms with Gasteiger partial charge in [0.15, 0.2) is 0 Å². The van der Waals surface area contributed by atoms with Gasteiger partial charge in [-0.05, 0) is 49.1 Å². The molecular formula is C23H22N2O2S. The Kier molecular flexibility index (Phi) is 6.40. The molecule has 1 heterocycles. The average Bonchev–Trinajstić information content (AvgIpc) is 3.20. The van der Waals surface area contributed by atoms with Gasteiger partial charge in [0.2, 0.25) is 0 Å². The van der Waals surface area contributed by atoms with Crippen LogP contribution in [0.4, 0.5) is 0 Å². The first kappa shape index (κ1) is 19.6. The molecule has 0 saturated heterocycles. The van der Waals surface area contributed by atoms with Crippen LogP contribution in [-0.2, 0) is 11.3 Å². The quantitative estimate of drug-likeness (QED) is 0.611. The Balaban J connectivity index is 1.74. The molecule has 2 amide bonds. The van der Waals surface area contributed by atoms with Crippen LogP contribution in [0.2, 0.25) is 0 Å². The molecule has 0 aliphatic rings. The largest absolute Gasteiger partial charge is 0.347 e. The number of thiophene rings is 1. The highest BCUT2D eigenvalue weighted by Gasteiger charge is 2.15.